The molecule has 0 saturated carbocycles. The Balaban J connectivity index is 2.39. The zero-order valence-electron chi connectivity index (χ0n) is 39.5. The Morgan fingerprint density at radius 3 is 1.53 bits per heavy atom. The van der Waals surface area contributed by atoms with Crippen LogP contribution in [0.1, 0.15) is 265 Å². The van der Waals surface area contributed by atoms with E-state index in [9.17, 15) is 9.59 Å². The standard InChI is InChI=1S/C51H99NO6/c1-6-10-13-16-19-20-21-27-35-45-55-49(53)38-32-28-34-42-51(56-46-48(58-51)40-44-52(5)43-9-4)41-33-26-22-25-31-39-50(54)57-47(36-29-23-17-14-11-7-2)37-30-24-18-15-12-8-3/h47-48H,6-46H2,1-5H3. The van der Waals surface area contributed by atoms with E-state index in [0.717, 1.165) is 116 Å². The Morgan fingerprint density at radius 1 is 0.552 bits per heavy atom. The number of nitrogens with zero attached hydrogens (tertiary/aromatic N) is 1. The molecule has 7 heteroatoms. The molecule has 1 aliphatic rings. The summed E-state index contributed by atoms with van der Waals surface area (Å²) in [5.74, 6) is -0.542. The summed E-state index contributed by atoms with van der Waals surface area (Å²) in [7, 11) is 2.19. The summed E-state index contributed by atoms with van der Waals surface area (Å²) in [6.07, 6.45) is 42.2. The molecule has 1 aliphatic heterocycles. The van der Waals surface area contributed by atoms with Crippen LogP contribution in [0.25, 0.3) is 0 Å². The van der Waals surface area contributed by atoms with Crippen molar-refractivity contribution >= 4 is 11.9 Å². The van der Waals surface area contributed by atoms with Gasteiger partial charge in [-0.1, -0.05) is 169 Å². The molecule has 0 aromatic heterocycles. The second kappa shape index (κ2) is 39.9. The molecule has 1 heterocycles. The van der Waals surface area contributed by atoms with Gasteiger partial charge in [0.2, 0.25) is 0 Å². The average Bonchev–Trinajstić information content (AvgIpc) is 3.62. The second-order valence-corrected chi connectivity index (χ2v) is 18.2. The van der Waals surface area contributed by atoms with E-state index >= 15 is 0 Å². The van der Waals surface area contributed by atoms with Crippen molar-refractivity contribution in [1.29, 1.82) is 0 Å². The molecule has 0 aromatic rings. The van der Waals surface area contributed by atoms with Crippen molar-refractivity contribution < 1.29 is 28.5 Å². The van der Waals surface area contributed by atoms with Crippen LogP contribution < -0.4 is 0 Å². The van der Waals surface area contributed by atoms with Crippen molar-refractivity contribution in [3.63, 3.8) is 0 Å². The minimum atomic E-state index is -0.505. The third-order valence-electron chi connectivity index (χ3n) is 12.3. The van der Waals surface area contributed by atoms with Gasteiger partial charge in [-0.3, -0.25) is 9.59 Å². The zero-order chi connectivity index (χ0) is 42.2. The van der Waals surface area contributed by atoms with Gasteiger partial charge in [-0.25, -0.2) is 0 Å². The summed E-state index contributed by atoms with van der Waals surface area (Å²) < 4.78 is 24.8. The van der Waals surface area contributed by atoms with Gasteiger partial charge in [0.1, 0.15) is 6.10 Å². The molecule has 0 aromatic carbocycles. The quantitative estimate of drug-likeness (QED) is 0.0447. The highest BCUT2D eigenvalue weighted by Gasteiger charge is 2.40. The highest BCUT2D eigenvalue weighted by atomic mass is 16.7. The van der Waals surface area contributed by atoms with Gasteiger partial charge in [0.05, 0.1) is 19.3 Å². The average molecular weight is 822 g/mol. The summed E-state index contributed by atoms with van der Waals surface area (Å²) in [6, 6.07) is 0. The molecular weight excluding hydrogens is 723 g/mol. The van der Waals surface area contributed by atoms with Gasteiger partial charge in [-0.05, 0) is 84.2 Å². The molecule has 344 valence electrons. The fourth-order valence-corrected chi connectivity index (χ4v) is 8.52. The Morgan fingerprint density at radius 2 is 1.00 bits per heavy atom. The molecule has 0 radical (unpaired) electrons. The zero-order valence-corrected chi connectivity index (χ0v) is 39.5. The van der Waals surface area contributed by atoms with Gasteiger partial charge in [-0.15, -0.1) is 0 Å². The van der Waals surface area contributed by atoms with Crippen LogP contribution in [0.5, 0.6) is 0 Å². The molecular formula is C51H99NO6. The highest BCUT2D eigenvalue weighted by Crippen LogP contribution is 2.35. The lowest BCUT2D eigenvalue weighted by Gasteiger charge is -2.29. The van der Waals surface area contributed by atoms with Crippen molar-refractivity contribution in [3.05, 3.63) is 0 Å². The maximum absolute atomic E-state index is 12.9. The fourth-order valence-electron chi connectivity index (χ4n) is 8.52. The molecule has 0 N–H and O–H groups in total. The Bertz CT molecular complexity index is 899. The smallest absolute Gasteiger partial charge is 0.306 e. The second-order valence-electron chi connectivity index (χ2n) is 18.2. The van der Waals surface area contributed by atoms with E-state index in [1.165, 1.54) is 122 Å². The Kier molecular flexibility index (Phi) is 37.7. The van der Waals surface area contributed by atoms with Gasteiger partial charge in [-0.2, -0.15) is 0 Å². The van der Waals surface area contributed by atoms with Crippen LogP contribution in [0.2, 0.25) is 0 Å². The molecule has 58 heavy (non-hydrogen) atoms. The van der Waals surface area contributed by atoms with Crippen molar-refractivity contribution in [3.8, 4) is 0 Å². The van der Waals surface area contributed by atoms with E-state index < -0.39 is 5.79 Å². The lowest BCUT2D eigenvalue weighted by atomic mass is 9.99. The molecule has 0 spiro atoms. The number of carbonyl (C=O) groups is 2. The van der Waals surface area contributed by atoms with Crippen LogP contribution in [0.15, 0.2) is 0 Å². The molecule has 0 aliphatic carbocycles. The predicted molar refractivity (Wildman–Crippen MR) is 245 cm³/mol. The van der Waals surface area contributed by atoms with Gasteiger partial charge < -0.3 is 23.8 Å². The highest BCUT2D eigenvalue weighted by molar-refractivity contribution is 5.69. The van der Waals surface area contributed by atoms with Crippen molar-refractivity contribution in [2.45, 2.75) is 283 Å². The number of ether oxygens (including phenoxy) is 4. The van der Waals surface area contributed by atoms with E-state index in [0.29, 0.717) is 26.1 Å². The number of rotatable bonds is 44. The number of esters is 2. The molecule has 1 fully saturated rings. The summed E-state index contributed by atoms with van der Waals surface area (Å²) >= 11 is 0. The minimum absolute atomic E-state index is 0.0105. The number of unbranched alkanes of at least 4 members (excludes halogenated alkanes) is 24. The van der Waals surface area contributed by atoms with Crippen molar-refractivity contribution in [2.75, 3.05) is 33.4 Å². The van der Waals surface area contributed by atoms with Crippen molar-refractivity contribution in [1.82, 2.24) is 4.90 Å². The van der Waals surface area contributed by atoms with Gasteiger partial charge in [0.15, 0.2) is 5.79 Å². The first kappa shape index (κ1) is 54.8. The first-order valence-electron chi connectivity index (χ1n) is 25.7. The first-order valence-corrected chi connectivity index (χ1v) is 25.7. The molecule has 0 bridgehead atoms. The third-order valence-corrected chi connectivity index (χ3v) is 12.3. The molecule has 1 rings (SSSR count). The minimum Gasteiger partial charge on any atom is -0.466 e. The van der Waals surface area contributed by atoms with Gasteiger partial charge in [0.25, 0.3) is 0 Å². The van der Waals surface area contributed by atoms with Crippen LogP contribution in [0, 0.1) is 0 Å². The predicted octanol–water partition coefficient (Wildman–Crippen LogP) is 15.0. The Hall–Kier alpha value is -1.18. The summed E-state index contributed by atoms with van der Waals surface area (Å²) in [6.45, 7) is 12.4. The van der Waals surface area contributed by atoms with Crippen LogP contribution in [0.3, 0.4) is 0 Å². The van der Waals surface area contributed by atoms with Gasteiger partial charge >= 0.3 is 11.9 Å². The van der Waals surface area contributed by atoms with E-state index in [1.54, 1.807) is 0 Å². The lowest BCUT2D eigenvalue weighted by molar-refractivity contribution is -0.180. The molecule has 1 saturated heterocycles. The Labute approximate surface area is 361 Å². The number of hydrogen-bond acceptors (Lipinski definition) is 7. The summed E-state index contributed by atoms with van der Waals surface area (Å²) in [5.41, 5.74) is 0. The summed E-state index contributed by atoms with van der Waals surface area (Å²) in [4.78, 5) is 27.6. The maximum Gasteiger partial charge on any atom is 0.306 e. The SMILES string of the molecule is CCCCCCCCCCCOC(=O)CCCCCC1(CCCCCCCC(=O)OC(CCCCCCCC)CCCCCCCC)OCC(CCN(C)CCC)O1. The van der Waals surface area contributed by atoms with Gasteiger partial charge in [0, 0.05) is 32.2 Å². The largest absolute Gasteiger partial charge is 0.466 e. The molecule has 2 atom stereocenters. The van der Waals surface area contributed by atoms with Crippen LogP contribution in [0.4, 0.5) is 0 Å². The third kappa shape index (κ3) is 32.6. The fraction of sp³-hybridized carbons (Fsp3) is 0.961. The molecule has 0 amide bonds. The summed E-state index contributed by atoms with van der Waals surface area (Å²) in [5, 5.41) is 0. The normalized spacial score (nSPS) is 16.8. The van der Waals surface area contributed by atoms with E-state index in [2.05, 4.69) is 39.6 Å². The lowest BCUT2D eigenvalue weighted by Crippen LogP contribution is -2.32. The topological polar surface area (TPSA) is 74.3 Å². The number of hydrogen-bond donors (Lipinski definition) is 0. The number of carbonyl (C=O) groups excluding carboxylic acids is 2. The molecule has 7 nitrogen and oxygen atoms in total. The van der Waals surface area contributed by atoms with Crippen LogP contribution in [-0.4, -0.2) is 68.2 Å². The maximum atomic E-state index is 12.9. The molecule has 2 unspecified atom stereocenters. The van der Waals surface area contributed by atoms with Crippen LogP contribution in [-0.2, 0) is 28.5 Å². The van der Waals surface area contributed by atoms with Crippen LogP contribution >= 0.6 is 0 Å². The van der Waals surface area contributed by atoms with E-state index in [1.807, 2.05) is 0 Å². The van der Waals surface area contributed by atoms with E-state index in [4.69, 9.17) is 18.9 Å². The van der Waals surface area contributed by atoms with Crippen molar-refractivity contribution in [2.24, 2.45) is 0 Å². The first-order chi connectivity index (χ1) is 28.4. The van der Waals surface area contributed by atoms with E-state index in [-0.39, 0.29) is 24.1 Å². The monoisotopic (exact) mass is 822 g/mol.